The second-order valence-corrected chi connectivity index (χ2v) is 4.82. The molecule has 2 rings (SSSR count). The van der Waals surface area contributed by atoms with E-state index in [4.69, 9.17) is 21.1 Å². The van der Waals surface area contributed by atoms with Crippen molar-refractivity contribution in [3.8, 4) is 11.8 Å². The summed E-state index contributed by atoms with van der Waals surface area (Å²) in [4.78, 5) is 11.9. The second-order valence-electron chi connectivity index (χ2n) is 4.82. The standard InChI is InChI=1S/C17H16N6O2/c18-10-15(17(19)20)23-22-13-8-6-12(7-9-13)21-16(24)11-25-14-4-2-1-3-5-14/h1-9,22H,11H2,(H3,19,20)(H,21,24)/b23-15+. The van der Waals surface area contributed by atoms with E-state index in [1.807, 2.05) is 18.2 Å². The van der Waals surface area contributed by atoms with E-state index in [1.54, 1.807) is 42.5 Å². The van der Waals surface area contributed by atoms with Gasteiger partial charge in [0.05, 0.1) is 5.69 Å². The summed E-state index contributed by atoms with van der Waals surface area (Å²) < 4.78 is 5.36. The Labute approximate surface area is 144 Å². The van der Waals surface area contributed by atoms with Gasteiger partial charge in [-0.3, -0.25) is 15.6 Å². The van der Waals surface area contributed by atoms with Crippen molar-refractivity contribution >= 4 is 28.8 Å². The number of anilines is 2. The molecule has 25 heavy (non-hydrogen) atoms. The summed E-state index contributed by atoms with van der Waals surface area (Å²) in [6.07, 6.45) is 0. The maximum Gasteiger partial charge on any atom is 0.262 e. The molecule has 0 bridgehead atoms. The number of hydrogen-bond donors (Lipinski definition) is 4. The van der Waals surface area contributed by atoms with Crippen molar-refractivity contribution in [1.29, 1.82) is 10.7 Å². The third-order valence-corrected chi connectivity index (χ3v) is 2.94. The molecule has 0 aliphatic heterocycles. The van der Waals surface area contributed by atoms with E-state index in [9.17, 15) is 4.79 Å². The van der Waals surface area contributed by atoms with Crippen LogP contribution in [0.15, 0.2) is 59.7 Å². The summed E-state index contributed by atoms with van der Waals surface area (Å²) in [7, 11) is 0. The number of ether oxygens (including phenoxy) is 1. The lowest BCUT2D eigenvalue weighted by atomic mass is 10.3. The van der Waals surface area contributed by atoms with Gasteiger partial charge in [0, 0.05) is 5.69 Å². The molecule has 0 aliphatic carbocycles. The fourth-order valence-electron chi connectivity index (χ4n) is 1.76. The van der Waals surface area contributed by atoms with Gasteiger partial charge < -0.3 is 15.8 Å². The van der Waals surface area contributed by atoms with E-state index < -0.39 is 5.84 Å². The van der Waals surface area contributed by atoms with Crippen LogP contribution in [0.1, 0.15) is 0 Å². The van der Waals surface area contributed by atoms with Gasteiger partial charge in [-0.25, -0.2) is 0 Å². The minimum Gasteiger partial charge on any atom is -0.484 e. The number of hydrazone groups is 1. The number of hydrogen-bond acceptors (Lipinski definition) is 6. The van der Waals surface area contributed by atoms with Gasteiger partial charge in [0.2, 0.25) is 5.71 Å². The van der Waals surface area contributed by atoms with E-state index >= 15 is 0 Å². The van der Waals surface area contributed by atoms with Crippen molar-refractivity contribution in [3.63, 3.8) is 0 Å². The highest BCUT2D eigenvalue weighted by Gasteiger charge is 2.04. The molecule has 0 aromatic heterocycles. The largest absolute Gasteiger partial charge is 0.484 e. The van der Waals surface area contributed by atoms with Gasteiger partial charge in [-0.2, -0.15) is 10.4 Å². The topological polar surface area (TPSA) is 136 Å². The molecule has 0 fully saturated rings. The zero-order valence-corrected chi connectivity index (χ0v) is 13.2. The first-order valence-electron chi connectivity index (χ1n) is 7.24. The van der Waals surface area contributed by atoms with Gasteiger partial charge in [-0.1, -0.05) is 18.2 Å². The Morgan fingerprint density at radius 1 is 1.16 bits per heavy atom. The zero-order valence-electron chi connectivity index (χ0n) is 13.2. The Kier molecular flexibility index (Phi) is 6.08. The smallest absolute Gasteiger partial charge is 0.262 e. The monoisotopic (exact) mass is 336 g/mol. The van der Waals surface area contributed by atoms with E-state index in [0.717, 1.165) is 0 Å². The molecule has 1 amide bonds. The molecule has 5 N–H and O–H groups in total. The molecule has 0 saturated heterocycles. The fraction of sp³-hybridized carbons (Fsp3) is 0.0588. The Hall–Kier alpha value is -3.86. The highest BCUT2D eigenvalue weighted by Crippen LogP contribution is 2.14. The third kappa shape index (κ3) is 5.69. The Morgan fingerprint density at radius 3 is 2.40 bits per heavy atom. The molecule has 126 valence electrons. The number of nitrogens with two attached hydrogens (primary N) is 1. The van der Waals surface area contributed by atoms with Gasteiger partial charge in [0.1, 0.15) is 11.8 Å². The van der Waals surface area contributed by atoms with Crippen molar-refractivity contribution in [2.75, 3.05) is 17.3 Å². The highest BCUT2D eigenvalue weighted by molar-refractivity contribution is 6.45. The number of nitrogens with one attached hydrogen (secondary N) is 3. The van der Waals surface area contributed by atoms with E-state index in [2.05, 4.69) is 15.8 Å². The molecule has 8 nitrogen and oxygen atoms in total. The lowest BCUT2D eigenvalue weighted by molar-refractivity contribution is -0.118. The number of nitrogens with zero attached hydrogens (tertiary/aromatic N) is 2. The fourth-order valence-corrected chi connectivity index (χ4v) is 1.76. The highest BCUT2D eigenvalue weighted by atomic mass is 16.5. The van der Waals surface area contributed by atoms with Crippen LogP contribution in [-0.2, 0) is 4.79 Å². The normalized spacial score (nSPS) is 10.4. The number of amides is 1. The average molecular weight is 336 g/mol. The molecular weight excluding hydrogens is 320 g/mol. The quantitative estimate of drug-likeness (QED) is 0.348. The van der Waals surface area contributed by atoms with Crippen LogP contribution >= 0.6 is 0 Å². The number of amidine groups is 1. The minimum absolute atomic E-state index is 0.0988. The lowest BCUT2D eigenvalue weighted by Gasteiger charge is -2.08. The molecule has 0 aliphatic rings. The summed E-state index contributed by atoms with van der Waals surface area (Å²) in [5.74, 6) is -0.0861. The van der Waals surface area contributed by atoms with Crippen LogP contribution in [0.4, 0.5) is 11.4 Å². The van der Waals surface area contributed by atoms with Crippen molar-refractivity contribution in [3.05, 3.63) is 54.6 Å². The van der Waals surface area contributed by atoms with Crippen LogP contribution in [0.2, 0.25) is 0 Å². The average Bonchev–Trinajstić information content (AvgIpc) is 2.62. The molecule has 0 radical (unpaired) electrons. The first kappa shape index (κ1) is 17.5. The Balaban J connectivity index is 1.86. The maximum absolute atomic E-state index is 11.9. The van der Waals surface area contributed by atoms with Gasteiger partial charge in [0.25, 0.3) is 5.91 Å². The predicted molar refractivity (Wildman–Crippen MR) is 95.6 cm³/mol. The van der Waals surface area contributed by atoms with Crippen molar-refractivity contribution in [1.82, 2.24) is 0 Å². The summed E-state index contributed by atoms with van der Waals surface area (Å²) >= 11 is 0. The third-order valence-electron chi connectivity index (χ3n) is 2.94. The van der Waals surface area contributed by atoms with Crippen LogP contribution in [-0.4, -0.2) is 24.1 Å². The Morgan fingerprint density at radius 2 is 1.80 bits per heavy atom. The second kappa shape index (κ2) is 8.69. The molecular formula is C17H16N6O2. The lowest BCUT2D eigenvalue weighted by Crippen LogP contribution is -2.21. The van der Waals surface area contributed by atoms with Crippen molar-refractivity contribution in [2.24, 2.45) is 10.8 Å². The summed E-state index contributed by atoms with van der Waals surface area (Å²) in [5, 5.41) is 22.3. The number of carbonyl (C=O) groups excluding carboxylic acids is 1. The molecule has 0 heterocycles. The van der Waals surface area contributed by atoms with Crippen molar-refractivity contribution < 1.29 is 9.53 Å². The Bertz CT molecular complexity index is 809. The van der Waals surface area contributed by atoms with E-state index in [0.29, 0.717) is 17.1 Å². The SMILES string of the molecule is N#C/C(=N\Nc1ccc(NC(=O)COc2ccccc2)cc1)C(=N)N. The molecule has 0 unspecified atom stereocenters. The van der Waals surface area contributed by atoms with Gasteiger partial charge in [-0.05, 0) is 36.4 Å². The maximum atomic E-state index is 11.9. The first-order valence-corrected chi connectivity index (χ1v) is 7.24. The van der Waals surface area contributed by atoms with E-state index in [-0.39, 0.29) is 18.2 Å². The van der Waals surface area contributed by atoms with Crippen LogP contribution in [0, 0.1) is 16.7 Å². The molecule has 8 heteroatoms. The van der Waals surface area contributed by atoms with Crippen LogP contribution in [0.3, 0.4) is 0 Å². The zero-order chi connectivity index (χ0) is 18.1. The van der Waals surface area contributed by atoms with Gasteiger partial charge in [0.15, 0.2) is 12.4 Å². The minimum atomic E-state index is -0.419. The number of rotatable bonds is 7. The predicted octanol–water partition coefficient (Wildman–Crippen LogP) is 1.93. The summed E-state index contributed by atoms with van der Waals surface area (Å²) in [5.41, 5.74) is 8.75. The number of benzene rings is 2. The van der Waals surface area contributed by atoms with Gasteiger partial charge >= 0.3 is 0 Å². The van der Waals surface area contributed by atoms with Crippen LogP contribution in [0.5, 0.6) is 5.75 Å². The molecule has 2 aromatic carbocycles. The number of carbonyl (C=O) groups is 1. The summed E-state index contributed by atoms with van der Waals surface area (Å²) in [6, 6.07) is 17.4. The van der Waals surface area contributed by atoms with Gasteiger partial charge in [-0.15, -0.1) is 0 Å². The molecule has 0 saturated carbocycles. The van der Waals surface area contributed by atoms with Crippen LogP contribution < -0.4 is 21.2 Å². The molecule has 0 atom stereocenters. The first-order chi connectivity index (χ1) is 12.1. The molecule has 0 spiro atoms. The van der Waals surface area contributed by atoms with Crippen molar-refractivity contribution in [2.45, 2.75) is 0 Å². The van der Waals surface area contributed by atoms with E-state index in [1.165, 1.54) is 0 Å². The summed E-state index contributed by atoms with van der Waals surface area (Å²) in [6.45, 7) is -0.0988. The number of nitriles is 1. The molecule has 2 aromatic rings. The van der Waals surface area contributed by atoms with Crippen LogP contribution in [0.25, 0.3) is 0 Å². The number of para-hydroxylation sites is 1.